The fourth-order valence-electron chi connectivity index (χ4n) is 2.76. The standard InChI is InChI=1S/C14H16ClFN2O/c15-10-5-12-13(6-11(10)16)19-14(18-12)9-3-1-8(7-17)2-4-9/h5-6,8-9H,1-4,7,17H2. The maximum atomic E-state index is 13.4. The van der Waals surface area contributed by atoms with Crippen LogP contribution >= 0.6 is 11.6 Å². The molecule has 3 rings (SSSR count). The van der Waals surface area contributed by atoms with E-state index in [1.807, 2.05) is 0 Å². The Bertz CT molecular complexity index is 551. The normalized spacial score (nSPS) is 23.9. The van der Waals surface area contributed by atoms with Gasteiger partial charge in [0.25, 0.3) is 0 Å². The van der Waals surface area contributed by atoms with Crippen molar-refractivity contribution in [2.24, 2.45) is 11.7 Å². The predicted molar refractivity (Wildman–Crippen MR) is 72.7 cm³/mol. The first-order valence-electron chi connectivity index (χ1n) is 6.63. The van der Waals surface area contributed by atoms with Gasteiger partial charge in [-0.05, 0) is 44.2 Å². The zero-order valence-electron chi connectivity index (χ0n) is 10.5. The summed E-state index contributed by atoms with van der Waals surface area (Å²) in [6.07, 6.45) is 4.28. The molecule has 1 aliphatic rings. The van der Waals surface area contributed by atoms with Crippen LogP contribution in [0.15, 0.2) is 16.5 Å². The van der Waals surface area contributed by atoms with Crippen molar-refractivity contribution < 1.29 is 8.81 Å². The van der Waals surface area contributed by atoms with Crippen molar-refractivity contribution in [3.05, 3.63) is 28.9 Å². The number of aromatic nitrogens is 1. The van der Waals surface area contributed by atoms with Gasteiger partial charge in [-0.1, -0.05) is 11.6 Å². The number of halogens is 2. The molecule has 5 heteroatoms. The molecule has 0 amide bonds. The maximum absolute atomic E-state index is 13.4. The van der Waals surface area contributed by atoms with Crippen molar-refractivity contribution in [3.8, 4) is 0 Å². The van der Waals surface area contributed by atoms with E-state index in [0.717, 1.165) is 32.2 Å². The Hall–Kier alpha value is -1.13. The summed E-state index contributed by atoms with van der Waals surface area (Å²) in [7, 11) is 0. The van der Waals surface area contributed by atoms with E-state index in [1.54, 1.807) is 0 Å². The van der Waals surface area contributed by atoms with Crippen molar-refractivity contribution in [2.75, 3.05) is 6.54 Å². The maximum Gasteiger partial charge on any atom is 0.198 e. The van der Waals surface area contributed by atoms with Crippen LogP contribution in [0.3, 0.4) is 0 Å². The fourth-order valence-corrected chi connectivity index (χ4v) is 2.92. The lowest BCUT2D eigenvalue weighted by Gasteiger charge is -2.25. The molecule has 1 fully saturated rings. The molecule has 0 saturated heterocycles. The van der Waals surface area contributed by atoms with Gasteiger partial charge in [-0.25, -0.2) is 9.37 Å². The van der Waals surface area contributed by atoms with Crippen LogP contribution in [0.1, 0.15) is 37.5 Å². The zero-order chi connectivity index (χ0) is 13.4. The first-order valence-corrected chi connectivity index (χ1v) is 7.00. The molecule has 0 spiro atoms. The van der Waals surface area contributed by atoms with Crippen molar-refractivity contribution in [2.45, 2.75) is 31.6 Å². The largest absolute Gasteiger partial charge is 0.440 e. The molecule has 0 bridgehead atoms. The summed E-state index contributed by atoms with van der Waals surface area (Å²) in [4.78, 5) is 4.44. The summed E-state index contributed by atoms with van der Waals surface area (Å²) >= 11 is 5.75. The molecule has 0 unspecified atom stereocenters. The summed E-state index contributed by atoms with van der Waals surface area (Å²) in [5.41, 5.74) is 6.78. The molecule has 1 aromatic carbocycles. The highest BCUT2D eigenvalue weighted by molar-refractivity contribution is 6.31. The van der Waals surface area contributed by atoms with Gasteiger partial charge in [0.15, 0.2) is 11.5 Å². The number of hydrogen-bond acceptors (Lipinski definition) is 3. The smallest absolute Gasteiger partial charge is 0.198 e. The molecule has 0 atom stereocenters. The van der Waals surface area contributed by atoms with Gasteiger partial charge in [0, 0.05) is 12.0 Å². The second kappa shape index (κ2) is 5.10. The number of hydrogen-bond donors (Lipinski definition) is 1. The molecular formula is C14H16ClFN2O. The van der Waals surface area contributed by atoms with E-state index in [4.69, 9.17) is 21.8 Å². The van der Waals surface area contributed by atoms with Crippen LogP contribution in [0.2, 0.25) is 5.02 Å². The summed E-state index contributed by atoms with van der Waals surface area (Å²) in [6.45, 7) is 0.751. The molecule has 1 saturated carbocycles. The molecule has 3 nitrogen and oxygen atoms in total. The van der Waals surface area contributed by atoms with Gasteiger partial charge in [-0.2, -0.15) is 0 Å². The van der Waals surface area contributed by atoms with E-state index in [9.17, 15) is 4.39 Å². The van der Waals surface area contributed by atoms with E-state index in [0.29, 0.717) is 28.8 Å². The van der Waals surface area contributed by atoms with E-state index >= 15 is 0 Å². The summed E-state index contributed by atoms with van der Waals surface area (Å²) in [5.74, 6) is 1.17. The van der Waals surface area contributed by atoms with Gasteiger partial charge in [0.1, 0.15) is 11.3 Å². The number of nitrogens with zero attached hydrogens (tertiary/aromatic N) is 1. The second-order valence-corrected chi connectivity index (χ2v) is 5.65. The lowest BCUT2D eigenvalue weighted by Crippen LogP contribution is -2.20. The molecule has 102 valence electrons. The van der Waals surface area contributed by atoms with Gasteiger partial charge in [0.2, 0.25) is 0 Å². The molecule has 1 heterocycles. The number of rotatable bonds is 2. The van der Waals surface area contributed by atoms with Gasteiger partial charge < -0.3 is 10.2 Å². The van der Waals surface area contributed by atoms with E-state index in [2.05, 4.69) is 4.98 Å². The van der Waals surface area contributed by atoms with Gasteiger partial charge in [-0.15, -0.1) is 0 Å². The van der Waals surface area contributed by atoms with Crippen LogP contribution in [0.25, 0.3) is 11.1 Å². The van der Waals surface area contributed by atoms with E-state index in [1.165, 1.54) is 12.1 Å². The Balaban J connectivity index is 1.86. The lowest BCUT2D eigenvalue weighted by atomic mass is 9.82. The Morgan fingerprint density at radius 2 is 2.05 bits per heavy atom. The van der Waals surface area contributed by atoms with Crippen LogP contribution in [-0.2, 0) is 0 Å². The summed E-state index contributed by atoms with van der Waals surface area (Å²) in [6, 6.07) is 2.82. The van der Waals surface area contributed by atoms with Crippen LogP contribution in [0, 0.1) is 11.7 Å². The lowest BCUT2D eigenvalue weighted by molar-refractivity contribution is 0.301. The third-order valence-electron chi connectivity index (χ3n) is 3.98. The zero-order valence-corrected chi connectivity index (χ0v) is 11.3. The van der Waals surface area contributed by atoms with Crippen LogP contribution in [0.5, 0.6) is 0 Å². The average Bonchev–Trinajstić information content (AvgIpc) is 2.82. The SMILES string of the molecule is NCC1CCC(c2nc3cc(Cl)c(F)cc3o2)CC1. The van der Waals surface area contributed by atoms with E-state index < -0.39 is 5.82 Å². The highest BCUT2D eigenvalue weighted by Crippen LogP contribution is 2.36. The molecular weight excluding hydrogens is 267 g/mol. The van der Waals surface area contributed by atoms with Crippen molar-refractivity contribution in [1.82, 2.24) is 4.98 Å². The Morgan fingerprint density at radius 3 is 2.74 bits per heavy atom. The Labute approximate surface area is 115 Å². The topological polar surface area (TPSA) is 52.0 Å². The monoisotopic (exact) mass is 282 g/mol. The molecule has 2 N–H and O–H groups in total. The molecule has 1 aromatic heterocycles. The highest BCUT2D eigenvalue weighted by Gasteiger charge is 2.25. The number of benzene rings is 1. The summed E-state index contributed by atoms with van der Waals surface area (Å²) < 4.78 is 19.0. The number of fused-ring (bicyclic) bond motifs is 1. The third kappa shape index (κ3) is 2.47. The third-order valence-corrected chi connectivity index (χ3v) is 4.27. The molecule has 2 aromatic rings. The van der Waals surface area contributed by atoms with E-state index in [-0.39, 0.29) is 5.02 Å². The summed E-state index contributed by atoms with van der Waals surface area (Å²) in [5, 5.41) is 0.0826. The molecule has 1 aliphatic carbocycles. The quantitative estimate of drug-likeness (QED) is 0.910. The molecule has 19 heavy (non-hydrogen) atoms. The second-order valence-electron chi connectivity index (χ2n) is 5.24. The Kier molecular flexibility index (Phi) is 3.46. The molecule has 0 radical (unpaired) electrons. The fraction of sp³-hybridized carbons (Fsp3) is 0.500. The van der Waals surface area contributed by atoms with Crippen LogP contribution in [0.4, 0.5) is 4.39 Å². The minimum Gasteiger partial charge on any atom is -0.440 e. The van der Waals surface area contributed by atoms with Gasteiger partial charge in [0.05, 0.1) is 5.02 Å². The first kappa shape index (κ1) is 12.9. The molecule has 0 aliphatic heterocycles. The first-order chi connectivity index (χ1) is 9.17. The van der Waals surface area contributed by atoms with Crippen molar-refractivity contribution >= 4 is 22.7 Å². The number of oxazole rings is 1. The minimum absolute atomic E-state index is 0.0826. The number of nitrogens with two attached hydrogens (primary N) is 1. The van der Waals surface area contributed by atoms with Gasteiger partial charge in [-0.3, -0.25) is 0 Å². The van der Waals surface area contributed by atoms with Crippen molar-refractivity contribution in [3.63, 3.8) is 0 Å². The van der Waals surface area contributed by atoms with Crippen LogP contribution < -0.4 is 5.73 Å². The Morgan fingerprint density at radius 1 is 1.32 bits per heavy atom. The average molecular weight is 283 g/mol. The van der Waals surface area contributed by atoms with Gasteiger partial charge >= 0.3 is 0 Å². The predicted octanol–water partition coefficient (Wildman–Crippen LogP) is 3.85. The highest BCUT2D eigenvalue weighted by atomic mass is 35.5. The van der Waals surface area contributed by atoms with Crippen LogP contribution in [-0.4, -0.2) is 11.5 Å². The minimum atomic E-state index is -0.469. The van der Waals surface area contributed by atoms with Crippen molar-refractivity contribution in [1.29, 1.82) is 0 Å².